The molecule has 0 aromatic carbocycles. The molecule has 24 heavy (non-hydrogen) atoms. The Morgan fingerprint density at radius 1 is 1.38 bits per heavy atom. The van der Waals surface area contributed by atoms with Gasteiger partial charge in [0.1, 0.15) is 5.00 Å². The van der Waals surface area contributed by atoms with E-state index in [-0.39, 0.29) is 22.0 Å². The van der Waals surface area contributed by atoms with Crippen LogP contribution in [-0.4, -0.2) is 34.2 Å². The number of primary amides is 1. The lowest BCUT2D eigenvalue weighted by atomic mass is 10.1. The van der Waals surface area contributed by atoms with Gasteiger partial charge in [0.25, 0.3) is 11.8 Å². The van der Waals surface area contributed by atoms with Gasteiger partial charge >= 0.3 is 5.97 Å². The molecule has 2 aromatic rings. The quantitative estimate of drug-likeness (QED) is 0.771. The number of thiophene rings is 1. The van der Waals surface area contributed by atoms with Gasteiger partial charge in [-0.3, -0.25) is 14.3 Å². The first-order chi connectivity index (χ1) is 11.4. The topological polar surface area (TPSA) is 116 Å². The monoisotopic (exact) mass is 350 g/mol. The zero-order valence-electron chi connectivity index (χ0n) is 13.6. The minimum atomic E-state index is -0.664. The van der Waals surface area contributed by atoms with Crippen LogP contribution in [0.25, 0.3) is 0 Å². The maximum absolute atomic E-state index is 12.3. The Morgan fingerprint density at radius 2 is 2.08 bits per heavy atom. The number of carbonyl (C=O) groups is 3. The molecule has 0 aliphatic rings. The Kier molecular flexibility index (Phi) is 5.35. The van der Waals surface area contributed by atoms with E-state index in [1.54, 1.807) is 24.7 Å². The van der Waals surface area contributed by atoms with Crippen molar-refractivity contribution in [3.63, 3.8) is 0 Å². The normalized spacial score (nSPS) is 10.5. The minimum Gasteiger partial charge on any atom is -0.462 e. The largest absolute Gasteiger partial charge is 0.462 e. The molecule has 2 aromatic heterocycles. The van der Waals surface area contributed by atoms with Crippen LogP contribution < -0.4 is 11.1 Å². The maximum Gasteiger partial charge on any atom is 0.341 e. The van der Waals surface area contributed by atoms with Crippen LogP contribution in [0.4, 0.5) is 5.00 Å². The number of rotatable bonds is 6. The summed E-state index contributed by atoms with van der Waals surface area (Å²) in [6, 6.07) is 0. The molecule has 0 atom stereocenters. The van der Waals surface area contributed by atoms with Crippen LogP contribution in [-0.2, 0) is 11.3 Å². The average Bonchev–Trinajstić information content (AvgIpc) is 3.12. The number of hydrogen-bond donors (Lipinski definition) is 2. The van der Waals surface area contributed by atoms with Crippen molar-refractivity contribution in [3.8, 4) is 0 Å². The standard InChI is InChI=1S/C15H18N4O4S/c1-4-19-7-9(6-17-19)13(21)18-14-10(15(22)23-5-2)8(3)11(24-14)12(16)20/h6-7H,4-5H2,1-3H3,(H2,16,20)(H,18,21). The van der Waals surface area contributed by atoms with Gasteiger partial charge in [-0.1, -0.05) is 0 Å². The van der Waals surface area contributed by atoms with E-state index < -0.39 is 17.8 Å². The summed E-state index contributed by atoms with van der Waals surface area (Å²) in [7, 11) is 0. The first-order valence-corrected chi connectivity index (χ1v) is 8.14. The molecule has 128 valence electrons. The first-order valence-electron chi connectivity index (χ1n) is 7.33. The molecule has 2 amide bonds. The second-order valence-corrected chi connectivity index (χ2v) is 5.90. The van der Waals surface area contributed by atoms with Crippen molar-refractivity contribution in [2.24, 2.45) is 5.73 Å². The second-order valence-electron chi connectivity index (χ2n) is 4.88. The van der Waals surface area contributed by atoms with Crippen molar-refractivity contribution in [2.75, 3.05) is 11.9 Å². The van der Waals surface area contributed by atoms with Gasteiger partial charge in [-0.2, -0.15) is 5.10 Å². The number of carbonyl (C=O) groups excluding carboxylic acids is 3. The Labute approximate surface area is 142 Å². The van der Waals surface area contributed by atoms with Gasteiger partial charge in [-0.25, -0.2) is 4.79 Å². The number of amides is 2. The smallest absolute Gasteiger partial charge is 0.341 e. The van der Waals surface area contributed by atoms with Gasteiger partial charge in [0.15, 0.2) is 0 Å². The summed E-state index contributed by atoms with van der Waals surface area (Å²) in [5.41, 5.74) is 6.21. The van der Waals surface area contributed by atoms with Crippen molar-refractivity contribution >= 4 is 34.1 Å². The molecule has 9 heteroatoms. The zero-order chi connectivity index (χ0) is 17.9. The maximum atomic E-state index is 12.3. The number of aromatic nitrogens is 2. The van der Waals surface area contributed by atoms with E-state index in [0.29, 0.717) is 17.7 Å². The molecule has 0 fully saturated rings. The highest BCUT2D eigenvalue weighted by molar-refractivity contribution is 7.18. The van der Waals surface area contributed by atoms with E-state index in [1.807, 2.05) is 6.92 Å². The number of anilines is 1. The molecular formula is C15H18N4O4S. The fourth-order valence-electron chi connectivity index (χ4n) is 2.11. The lowest BCUT2D eigenvalue weighted by Crippen LogP contribution is -2.14. The molecule has 0 aliphatic carbocycles. The van der Waals surface area contributed by atoms with E-state index in [2.05, 4.69) is 10.4 Å². The Bertz CT molecular complexity index is 793. The summed E-state index contributed by atoms with van der Waals surface area (Å²) in [6.45, 7) is 5.97. The summed E-state index contributed by atoms with van der Waals surface area (Å²) in [4.78, 5) is 36.2. The van der Waals surface area contributed by atoms with Gasteiger partial charge in [0, 0.05) is 12.7 Å². The van der Waals surface area contributed by atoms with Gasteiger partial charge in [-0.05, 0) is 26.3 Å². The predicted molar refractivity (Wildman–Crippen MR) is 89.4 cm³/mol. The molecule has 0 bridgehead atoms. The summed E-state index contributed by atoms with van der Waals surface area (Å²) >= 11 is 0.949. The van der Waals surface area contributed by atoms with Gasteiger partial charge in [0.05, 0.1) is 28.8 Å². The van der Waals surface area contributed by atoms with Gasteiger partial charge in [0.2, 0.25) is 0 Å². The van der Waals surface area contributed by atoms with Crippen molar-refractivity contribution in [2.45, 2.75) is 27.3 Å². The van der Waals surface area contributed by atoms with Crippen LogP contribution >= 0.6 is 11.3 Å². The molecule has 2 rings (SSSR count). The van der Waals surface area contributed by atoms with Gasteiger partial charge < -0.3 is 15.8 Å². The molecule has 0 radical (unpaired) electrons. The third kappa shape index (κ3) is 3.46. The van der Waals surface area contributed by atoms with Crippen molar-refractivity contribution in [1.82, 2.24) is 9.78 Å². The Morgan fingerprint density at radius 3 is 2.62 bits per heavy atom. The number of ether oxygens (including phenoxy) is 1. The third-order valence-corrected chi connectivity index (χ3v) is 4.52. The van der Waals surface area contributed by atoms with Gasteiger partial charge in [-0.15, -0.1) is 11.3 Å². The predicted octanol–water partition coefficient (Wildman–Crippen LogP) is 1.80. The molecule has 8 nitrogen and oxygen atoms in total. The fraction of sp³-hybridized carbons (Fsp3) is 0.333. The lowest BCUT2D eigenvalue weighted by molar-refractivity contribution is 0.0527. The number of nitrogens with zero attached hydrogens (tertiary/aromatic N) is 2. The van der Waals surface area contributed by atoms with Crippen LogP contribution in [0.5, 0.6) is 0 Å². The van der Waals surface area contributed by atoms with Crippen molar-refractivity contribution < 1.29 is 19.1 Å². The minimum absolute atomic E-state index is 0.145. The summed E-state index contributed by atoms with van der Waals surface area (Å²) in [5.74, 6) is -1.71. The zero-order valence-corrected chi connectivity index (χ0v) is 14.4. The van der Waals surface area contributed by atoms with Crippen LogP contribution in [0.1, 0.15) is 49.8 Å². The highest BCUT2D eigenvalue weighted by Gasteiger charge is 2.26. The summed E-state index contributed by atoms with van der Waals surface area (Å²) < 4.78 is 6.61. The number of nitrogens with two attached hydrogens (primary N) is 1. The van der Waals surface area contributed by atoms with E-state index in [4.69, 9.17) is 10.5 Å². The molecule has 0 aliphatic heterocycles. The molecule has 0 saturated carbocycles. The van der Waals surface area contributed by atoms with E-state index in [9.17, 15) is 14.4 Å². The number of aryl methyl sites for hydroxylation is 1. The van der Waals surface area contributed by atoms with Crippen LogP contribution in [0.2, 0.25) is 0 Å². The van der Waals surface area contributed by atoms with Crippen molar-refractivity contribution in [1.29, 1.82) is 0 Å². The summed E-state index contributed by atoms with van der Waals surface area (Å²) in [6.07, 6.45) is 3.02. The number of nitrogens with one attached hydrogen (secondary N) is 1. The Balaban J connectivity index is 2.37. The van der Waals surface area contributed by atoms with E-state index in [1.165, 1.54) is 6.20 Å². The first kappa shape index (κ1) is 17.7. The number of esters is 1. The second kappa shape index (κ2) is 7.26. The molecule has 0 unspecified atom stereocenters. The SMILES string of the molecule is CCOC(=O)c1c(NC(=O)c2cnn(CC)c2)sc(C(N)=O)c1C. The van der Waals surface area contributed by atoms with E-state index >= 15 is 0 Å². The van der Waals surface area contributed by atoms with Crippen LogP contribution in [0.15, 0.2) is 12.4 Å². The fourth-order valence-corrected chi connectivity index (χ4v) is 3.16. The highest BCUT2D eigenvalue weighted by Crippen LogP contribution is 2.33. The molecular weight excluding hydrogens is 332 g/mol. The number of hydrogen-bond acceptors (Lipinski definition) is 6. The average molecular weight is 350 g/mol. The molecule has 0 spiro atoms. The molecule has 0 saturated heterocycles. The third-order valence-electron chi connectivity index (χ3n) is 3.30. The molecule has 2 heterocycles. The Hall–Kier alpha value is -2.68. The van der Waals surface area contributed by atoms with Crippen molar-refractivity contribution in [3.05, 3.63) is 34.0 Å². The molecule has 3 N–H and O–H groups in total. The van der Waals surface area contributed by atoms with Crippen LogP contribution in [0, 0.1) is 6.92 Å². The van der Waals surface area contributed by atoms with Crippen LogP contribution in [0.3, 0.4) is 0 Å². The lowest BCUT2D eigenvalue weighted by Gasteiger charge is -2.06. The van der Waals surface area contributed by atoms with E-state index in [0.717, 1.165) is 11.3 Å². The highest BCUT2D eigenvalue weighted by atomic mass is 32.1. The summed E-state index contributed by atoms with van der Waals surface area (Å²) in [5, 5.41) is 6.90.